The van der Waals surface area contributed by atoms with Crippen molar-refractivity contribution in [3.8, 4) is 5.75 Å². The molecule has 0 spiro atoms. The molecule has 0 aromatic heterocycles. The first-order valence-electron chi connectivity index (χ1n) is 6.35. The fraction of sp³-hybridized carbons (Fsp3) is 0.500. The number of ether oxygens (including phenoxy) is 1. The zero-order valence-electron chi connectivity index (χ0n) is 11.6. The Balaban J connectivity index is 2.33. The monoisotopic (exact) mass is 268 g/mol. The Bertz CT molecular complexity index is 422. The maximum Gasteiger partial charge on any atom is 0.233 e. The largest absolute Gasteiger partial charge is 0.494 e. The van der Waals surface area contributed by atoms with Crippen molar-refractivity contribution in [2.24, 2.45) is 0 Å². The van der Waals surface area contributed by atoms with E-state index in [0.29, 0.717) is 19.5 Å². The first-order valence-corrected chi connectivity index (χ1v) is 6.35. The maximum absolute atomic E-state index is 13.4. The van der Waals surface area contributed by atoms with Gasteiger partial charge in [-0.15, -0.1) is 0 Å². The van der Waals surface area contributed by atoms with Crippen molar-refractivity contribution in [1.29, 1.82) is 0 Å². The number of amides is 1. The minimum absolute atomic E-state index is 0.0531. The van der Waals surface area contributed by atoms with Gasteiger partial charge in [0.1, 0.15) is 0 Å². The predicted molar refractivity (Wildman–Crippen MR) is 72.8 cm³/mol. The highest BCUT2D eigenvalue weighted by Crippen LogP contribution is 2.17. The first kappa shape index (κ1) is 15.4. The van der Waals surface area contributed by atoms with Gasteiger partial charge < -0.3 is 15.4 Å². The molecule has 0 aliphatic carbocycles. The van der Waals surface area contributed by atoms with Gasteiger partial charge in [0.2, 0.25) is 5.91 Å². The van der Waals surface area contributed by atoms with E-state index in [1.165, 1.54) is 13.2 Å². The second kappa shape index (κ2) is 7.74. The number of carbonyl (C=O) groups is 1. The SMILES string of the molecule is COc1ccc(CCNC(=O)CNC(C)C)cc1F. The number of benzene rings is 1. The van der Waals surface area contributed by atoms with Crippen LogP contribution in [0.3, 0.4) is 0 Å². The molecule has 0 atom stereocenters. The summed E-state index contributed by atoms with van der Waals surface area (Å²) in [4.78, 5) is 11.4. The number of carbonyl (C=O) groups excluding carboxylic acids is 1. The Hall–Kier alpha value is -1.62. The van der Waals surface area contributed by atoms with Crippen LogP contribution in [0.1, 0.15) is 19.4 Å². The van der Waals surface area contributed by atoms with E-state index in [1.807, 2.05) is 13.8 Å². The number of hydrogen-bond acceptors (Lipinski definition) is 3. The van der Waals surface area contributed by atoms with Crippen molar-refractivity contribution in [3.05, 3.63) is 29.6 Å². The summed E-state index contributed by atoms with van der Waals surface area (Å²) in [5, 5.41) is 5.81. The van der Waals surface area contributed by atoms with Crippen LogP contribution in [0.2, 0.25) is 0 Å². The third-order valence-electron chi connectivity index (χ3n) is 2.62. The summed E-state index contributed by atoms with van der Waals surface area (Å²) in [7, 11) is 1.43. The number of methoxy groups -OCH3 is 1. The lowest BCUT2D eigenvalue weighted by Gasteiger charge is -2.09. The van der Waals surface area contributed by atoms with Crippen LogP contribution in [0, 0.1) is 5.82 Å². The van der Waals surface area contributed by atoms with Gasteiger partial charge in [0.25, 0.3) is 0 Å². The Kier molecular flexibility index (Phi) is 6.29. The Labute approximate surface area is 113 Å². The Morgan fingerprint density at radius 3 is 2.74 bits per heavy atom. The lowest BCUT2D eigenvalue weighted by Crippen LogP contribution is -2.37. The second-order valence-corrected chi connectivity index (χ2v) is 4.60. The normalized spacial score (nSPS) is 10.6. The van der Waals surface area contributed by atoms with E-state index in [4.69, 9.17) is 4.74 Å². The van der Waals surface area contributed by atoms with E-state index >= 15 is 0 Å². The van der Waals surface area contributed by atoms with Crippen LogP contribution in [-0.4, -0.2) is 32.1 Å². The topological polar surface area (TPSA) is 50.4 Å². The third kappa shape index (κ3) is 5.70. The molecule has 0 aliphatic heterocycles. The molecule has 1 aromatic rings. The predicted octanol–water partition coefficient (Wildman–Crippen LogP) is 1.49. The van der Waals surface area contributed by atoms with Crippen molar-refractivity contribution in [2.45, 2.75) is 26.3 Å². The zero-order chi connectivity index (χ0) is 14.3. The van der Waals surface area contributed by atoms with Crippen LogP contribution in [0.15, 0.2) is 18.2 Å². The quantitative estimate of drug-likeness (QED) is 0.788. The molecule has 4 nitrogen and oxygen atoms in total. The zero-order valence-corrected chi connectivity index (χ0v) is 11.6. The molecule has 106 valence electrons. The Morgan fingerprint density at radius 1 is 1.42 bits per heavy atom. The molecule has 0 heterocycles. The van der Waals surface area contributed by atoms with E-state index in [2.05, 4.69) is 10.6 Å². The molecule has 0 unspecified atom stereocenters. The number of rotatable bonds is 7. The standard InChI is InChI=1S/C14H21FN2O2/c1-10(2)17-9-14(18)16-7-6-11-4-5-13(19-3)12(15)8-11/h4-5,8,10,17H,6-7,9H2,1-3H3,(H,16,18). The number of hydrogen-bond donors (Lipinski definition) is 2. The van der Waals surface area contributed by atoms with Gasteiger partial charge in [-0.2, -0.15) is 0 Å². The third-order valence-corrected chi connectivity index (χ3v) is 2.62. The maximum atomic E-state index is 13.4. The molecule has 2 N–H and O–H groups in total. The van der Waals surface area contributed by atoms with Crippen LogP contribution in [0.5, 0.6) is 5.75 Å². The highest BCUT2D eigenvalue weighted by molar-refractivity contribution is 5.77. The fourth-order valence-electron chi connectivity index (χ4n) is 1.57. The van der Waals surface area contributed by atoms with Crippen molar-refractivity contribution < 1.29 is 13.9 Å². The highest BCUT2D eigenvalue weighted by Gasteiger charge is 2.05. The molecule has 0 aliphatic rings. The lowest BCUT2D eigenvalue weighted by atomic mass is 10.1. The van der Waals surface area contributed by atoms with Gasteiger partial charge in [0.05, 0.1) is 13.7 Å². The van der Waals surface area contributed by atoms with E-state index < -0.39 is 0 Å². The van der Waals surface area contributed by atoms with Gasteiger partial charge in [0, 0.05) is 12.6 Å². The molecule has 1 amide bonds. The molecule has 19 heavy (non-hydrogen) atoms. The van der Waals surface area contributed by atoms with Gasteiger partial charge in [0.15, 0.2) is 11.6 Å². The molecule has 1 aromatic carbocycles. The van der Waals surface area contributed by atoms with Crippen molar-refractivity contribution in [3.63, 3.8) is 0 Å². The summed E-state index contributed by atoms with van der Waals surface area (Å²) >= 11 is 0. The fourth-order valence-corrected chi connectivity index (χ4v) is 1.57. The van der Waals surface area contributed by atoms with Crippen molar-refractivity contribution >= 4 is 5.91 Å². The van der Waals surface area contributed by atoms with E-state index in [-0.39, 0.29) is 23.5 Å². The van der Waals surface area contributed by atoms with E-state index in [9.17, 15) is 9.18 Å². The van der Waals surface area contributed by atoms with Gasteiger partial charge in [-0.1, -0.05) is 19.9 Å². The summed E-state index contributed by atoms with van der Waals surface area (Å²) in [6.07, 6.45) is 0.592. The van der Waals surface area contributed by atoms with Crippen LogP contribution in [0.4, 0.5) is 4.39 Å². The Morgan fingerprint density at radius 2 is 2.16 bits per heavy atom. The summed E-state index contributed by atoms with van der Waals surface area (Å²) in [6.45, 7) is 4.75. The minimum atomic E-state index is -0.382. The summed E-state index contributed by atoms with van der Waals surface area (Å²) in [5.74, 6) is -0.204. The van der Waals surface area contributed by atoms with Gasteiger partial charge >= 0.3 is 0 Å². The molecule has 5 heteroatoms. The molecule has 1 rings (SSSR count). The molecule has 0 saturated carbocycles. The molecule has 0 fully saturated rings. The minimum Gasteiger partial charge on any atom is -0.494 e. The second-order valence-electron chi connectivity index (χ2n) is 4.60. The van der Waals surface area contributed by atoms with E-state index in [0.717, 1.165) is 5.56 Å². The van der Waals surface area contributed by atoms with Crippen LogP contribution in [-0.2, 0) is 11.2 Å². The highest BCUT2D eigenvalue weighted by atomic mass is 19.1. The van der Waals surface area contributed by atoms with Crippen LogP contribution >= 0.6 is 0 Å². The smallest absolute Gasteiger partial charge is 0.233 e. The summed E-state index contributed by atoms with van der Waals surface area (Å²) in [6, 6.07) is 5.09. The van der Waals surface area contributed by atoms with Crippen LogP contribution < -0.4 is 15.4 Å². The van der Waals surface area contributed by atoms with Gasteiger partial charge in [-0.05, 0) is 24.1 Å². The van der Waals surface area contributed by atoms with Crippen LogP contribution in [0.25, 0.3) is 0 Å². The lowest BCUT2D eigenvalue weighted by molar-refractivity contribution is -0.120. The summed E-state index contributed by atoms with van der Waals surface area (Å²) in [5.41, 5.74) is 0.829. The molecular formula is C14H21FN2O2. The number of halogens is 1. The summed E-state index contributed by atoms with van der Waals surface area (Å²) < 4.78 is 18.3. The number of nitrogens with one attached hydrogen (secondary N) is 2. The molecule has 0 saturated heterocycles. The molecule has 0 bridgehead atoms. The average Bonchev–Trinajstić information content (AvgIpc) is 2.36. The van der Waals surface area contributed by atoms with Gasteiger partial charge in [-0.3, -0.25) is 4.79 Å². The van der Waals surface area contributed by atoms with Gasteiger partial charge in [-0.25, -0.2) is 4.39 Å². The first-order chi connectivity index (χ1) is 9.02. The van der Waals surface area contributed by atoms with Crippen molar-refractivity contribution in [1.82, 2.24) is 10.6 Å². The average molecular weight is 268 g/mol. The molecular weight excluding hydrogens is 247 g/mol. The van der Waals surface area contributed by atoms with E-state index in [1.54, 1.807) is 12.1 Å². The van der Waals surface area contributed by atoms with Crippen molar-refractivity contribution in [2.75, 3.05) is 20.2 Å². The molecule has 0 radical (unpaired) electrons.